The molecule has 8 aromatic rings. The Kier molecular flexibility index (Phi) is 6.55. The van der Waals surface area contributed by atoms with E-state index in [0.29, 0.717) is 0 Å². The first-order valence-electron chi connectivity index (χ1n) is 18.9. The van der Waals surface area contributed by atoms with Gasteiger partial charge in [0.25, 0.3) is 0 Å². The molecule has 2 heteroatoms. The molecule has 2 aliphatic carbocycles. The zero-order chi connectivity index (χ0) is 36.0. The fourth-order valence-corrected chi connectivity index (χ4v) is 9.77. The Morgan fingerprint density at radius 1 is 0.370 bits per heavy atom. The molecule has 0 saturated carbocycles. The second-order valence-electron chi connectivity index (χ2n) is 15.2. The second-order valence-corrected chi connectivity index (χ2v) is 15.2. The maximum absolute atomic E-state index is 6.63. The molecule has 1 aliphatic heterocycles. The minimum atomic E-state index is -0.546. The van der Waals surface area contributed by atoms with Crippen LogP contribution in [0.15, 0.2) is 188 Å². The van der Waals surface area contributed by atoms with E-state index < -0.39 is 5.41 Å². The van der Waals surface area contributed by atoms with Crippen molar-refractivity contribution in [2.45, 2.75) is 24.7 Å². The van der Waals surface area contributed by atoms with Crippen LogP contribution in [0.3, 0.4) is 0 Å². The average molecular weight is 692 g/mol. The summed E-state index contributed by atoms with van der Waals surface area (Å²) in [5.41, 5.74) is 17.9. The van der Waals surface area contributed by atoms with Crippen molar-refractivity contribution in [3.8, 4) is 44.9 Å². The highest BCUT2D eigenvalue weighted by atomic mass is 16.5. The number of fused-ring (bicyclic) bond motifs is 12. The van der Waals surface area contributed by atoms with E-state index in [2.05, 4.69) is 207 Å². The number of benzene rings is 8. The highest BCUT2D eigenvalue weighted by Gasteiger charge is 2.51. The molecule has 0 fully saturated rings. The van der Waals surface area contributed by atoms with Gasteiger partial charge in [-0.2, -0.15) is 0 Å². The maximum Gasteiger partial charge on any atom is 0.132 e. The first kappa shape index (κ1) is 30.9. The third kappa shape index (κ3) is 4.17. The number of rotatable bonds is 4. The first-order valence-corrected chi connectivity index (χ1v) is 18.9. The molecule has 1 spiro atoms. The summed E-state index contributed by atoms with van der Waals surface area (Å²) in [6.45, 7) is 4.71. The van der Waals surface area contributed by atoms with Crippen LogP contribution in [0.2, 0.25) is 0 Å². The van der Waals surface area contributed by atoms with E-state index in [1.165, 1.54) is 66.8 Å². The average Bonchev–Trinajstić information content (AvgIpc) is 3.64. The van der Waals surface area contributed by atoms with Crippen LogP contribution in [0.1, 0.15) is 47.2 Å². The third-order valence-corrected chi connectivity index (χ3v) is 12.1. The Bertz CT molecular complexity index is 2750. The monoisotopic (exact) mass is 691 g/mol. The molecule has 0 atom stereocenters. The predicted octanol–water partition coefficient (Wildman–Crippen LogP) is 13.6. The summed E-state index contributed by atoms with van der Waals surface area (Å²) in [6.07, 6.45) is 0. The van der Waals surface area contributed by atoms with Crippen LogP contribution in [0.5, 0.6) is 11.5 Å². The fraction of sp³-hybridized carbons (Fsp3) is 0.0769. The second kappa shape index (κ2) is 11.4. The van der Waals surface area contributed by atoms with E-state index in [9.17, 15) is 0 Å². The zero-order valence-electron chi connectivity index (χ0n) is 30.3. The lowest BCUT2D eigenvalue weighted by atomic mass is 9.66. The molecule has 3 aliphatic rings. The van der Waals surface area contributed by atoms with Crippen molar-refractivity contribution in [1.82, 2.24) is 0 Å². The fourth-order valence-electron chi connectivity index (χ4n) is 9.77. The van der Waals surface area contributed by atoms with E-state index in [-0.39, 0.29) is 5.41 Å². The Hall–Kier alpha value is -6.64. The molecule has 8 aromatic carbocycles. The molecule has 0 bridgehead atoms. The molecule has 0 N–H and O–H groups in total. The van der Waals surface area contributed by atoms with Crippen molar-refractivity contribution in [1.29, 1.82) is 0 Å². The quantitative estimate of drug-likeness (QED) is 0.182. The lowest BCUT2D eigenvalue weighted by molar-refractivity contribution is 0.436. The molecular weight excluding hydrogens is 655 g/mol. The van der Waals surface area contributed by atoms with E-state index in [1.54, 1.807) is 0 Å². The van der Waals surface area contributed by atoms with Gasteiger partial charge in [0.2, 0.25) is 0 Å². The van der Waals surface area contributed by atoms with E-state index >= 15 is 0 Å². The smallest absolute Gasteiger partial charge is 0.132 e. The van der Waals surface area contributed by atoms with E-state index in [0.717, 1.165) is 28.6 Å². The summed E-state index contributed by atoms with van der Waals surface area (Å²) in [5.74, 6) is 1.80. The normalized spacial score (nSPS) is 14.6. The Morgan fingerprint density at radius 2 is 0.889 bits per heavy atom. The van der Waals surface area contributed by atoms with Gasteiger partial charge in [0.15, 0.2) is 0 Å². The molecule has 1 heterocycles. The van der Waals surface area contributed by atoms with Crippen molar-refractivity contribution >= 4 is 17.1 Å². The van der Waals surface area contributed by atoms with Crippen LogP contribution >= 0.6 is 0 Å². The van der Waals surface area contributed by atoms with Gasteiger partial charge in [-0.25, -0.2) is 0 Å². The Labute approximate surface area is 316 Å². The molecule has 0 aromatic heterocycles. The Morgan fingerprint density at radius 3 is 1.61 bits per heavy atom. The number of para-hydroxylation sites is 4. The molecule has 2 nitrogen and oxygen atoms in total. The molecule has 11 rings (SSSR count). The van der Waals surface area contributed by atoms with Gasteiger partial charge < -0.3 is 9.64 Å². The molecule has 0 radical (unpaired) electrons. The van der Waals surface area contributed by atoms with Gasteiger partial charge in [0, 0.05) is 33.5 Å². The van der Waals surface area contributed by atoms with Gasteiger partial charge >= 0.3 is 0 Å². The Balaban J connectivity index is 1.15. The van der Waals surface area contributed by atoms with E-state index in [1.807, 2.05) is 0 Å². The summed E-state index contributed by atoms with van der Waals surface area (Å²) in [7, 11) is 0. The highest BCUT2D eigenvalue weighted by Crippen LogP contribution is 2.63. The van der Waals surface area contributed by atoms with E-state index in [4.69, 9.17) is 4.74 Å². The van der Waals surface area contributed by atoms with Crippen molar-refractivity contribution in [3.05, 3.63) is 221 Å². The van der Waals surface area contributed by atoms with Gasteiger partial charge in [0.1, 0.15) is 11.5 Å². The predicted molar refractivity (Wildman–Crippen MR) is 222 cm³/mol. The molecule has 0 unspecified atom stereocenters. The third-order valence-electron chi connectivity index (χ3n) is 12.1. The van der Waals surface area contributed by atoms with Crippen molar-refractivity contribution in [3.63, 3.8) is 0 Å². The van der Waals surface area contributed by atoms with Gasteiger partial charge in [-0.15, -0.1) is 0 Å². The highest BCUT2D eigenvalue weighted by molar-refractivity contribution is 5.94. The summed E-state index contributed by atoms with van der Waals surface area (Å²) >= 11 is 0. The SMILES string of the molecule is CC1(C)c2ccccc2-c2ccc(-c3ccccc3N(c3ccccc3)c3ccc4c(c3)C3(c5ccccc5Oc5ccccc53)c3ccccc3-4)cc21. The standard InChI is InChI=1S/C52H37NO/c1-51(2)42-21-9-6-19-38(42)40-30-28-34(32-46(40)51)37-18-8-13-25-48(37)53(35-16-4-3-5-17-35)36-29-31-41-39-20-7-10-22-43(39)52(47(41)33-36)44-23-11-14-26-49(44)54-50-27-15-12-24-45(50)52/h3-33H,1-2H3. The van der Waals surface area contributed by atoms with Crippen LogP contribution in [-0.4, -0.2) is 0 Å². The first-order chi connectivity index (χ1) is 26.5. The van der Waals surface area contributed by atoms with Gasteiger partial charge in [-0.05, 0) is 98.6 Å². The molecule has 0 saturated heterocycles. The lowest BCUT2D eigenvalue weighted by Crippen LogP contribution is -2.32. The van der Waals surface area contributed by atoms with Crippen molar-refractivity contribution in [2.24, 2.45) is 0 Å². The van der Waals surface area contributed by atoms with Crippen LogP contribution < -0.4 is 9.64 Å². The minimum Gasteiger partial charge on any atom is -0.457 e. The number of anilines is 3. The number of ether oxygens (including phenoxy) is 1. The van der Waals surface area contributed by atoms with Crippen LogP contribution in [-0.2, 0) is 10.8 Å². The molecule has 54 heavy (non-hydrogen) atoms. The van der Waals surface area contributed by atoms with Crippen molar-refractivity contribution in [2.75, 3.05) is 4.90 Å². The summed E-state index contributed by atoms with van der Waals surface area (Å²) in [5, 5.41) is 0. The number of hydrogen-bond acceptors (Lipinski definition) is 2. The zero-order valence-corrected chi connectivity index (χ0v) is 30.3. The van der Waals surface area contributed by atoms with Gasteiger partial charge in [-0.3, -0.25) is 0 Å². The lowest BCUT2D eigenvalue weighted by Gasteiger charge is -2.39. The van der Waals surface area contributed by atoms with Crippen LogP contribution in [0, 0.1) is 0 Å². The molecule has 0 amide bonds. The maximum atomic E-state index is 6.63. The van der Waals surface area contributed by atoms with Crippen molar-refractivity contribution < 1.29 is 4.74 Å². The van der Waals surface area contributed by atoms with Gasteiger partial charge in [-0.1, -0.05) is 153 Å². The summed E-state index contributed by atoms with van der Waals surface area (Å²) in [6, 6.07) is 68.8. The summed E-state index contributed by atoms with van der Waals surface area (Å²) < 4.78 is 6.63. The topological polar surface area (TPSA) is 12.5 Å². The largest absolute Gasteiger partial charge is 0.457 e. The van der Waals surface area contributed by atoms with Gasteiger partial charge in [0.05, 0.1) is 11.1 Å². The number of hydrogen-bond donors (Lipinski definition) is 0. The summed E-state index contributed by atoms with van der Waals surface area (Å²) in [4.78, 5) is 2.44. The van der Waals surface area contributed by atoms with Crippen LogP contribution in [0.4, 0.5) is 17.1 Å². The van der Waals surface area contributed by atoms with Crippen LogP contribution in [0.25, 0.3) is 33.4 Å². The number of nitrogens with zero attached hydrogens (tertiary/aromatic N) is 1. The molecular formula is C52H37NO. The minimum absolute atomic E-state index is 0.0877. The molecule has 256 valence electrons.